The second-order valence-electron chi connectivity index (χ2n) is 6.66. The number of hydrogen-bond donors (Lipinski definition) is 1. The molecule has 1 atom stereocenters. The zero-order chi connectivity index (χ0) is 22.5. The summed E-state index contributed by atoms with van der Waals surface area (Å²) >= 11 is 6.84. The van der Waals surface area contributed by atoms with Gasteiger partial charge in [0.05, 0.1) is 11.5 Å². The van der Waals surface area contributed by atoms with E-state index in [1.54, 1.807) is 37.6 Å². The highest BCUT2D eigenvalue weighted by atomic mass is 32.1. The Morgan fingerprint density at radius 1 is 1.35 bits per heavy atom. The lowest BCUT2D eigenvalue weighted by atomic mass is 10.1. The van der Waals surface area contributed by atoms with E-state index < -0.39 is 12.7 Å². The molecule has 31 heavy (non-hydrogen) atoms. The van der Waals surface area contributed by atoms with Gasteiger partial charge in [-0.1, -0.05) is 12.1 Å². The average Bonchev–Trinajstić information content (AvgIpc) is 3.38. The Morgan fingerprint density at radius 2 is 2.13 bits per heavy atom. The van der Waals surface area contributed by atoms with E-state index in [-0.39, 0.29) is 24.0 Å². The molecule has 0 aliphatic carbocycles. The number of ether oxygens (including phenoxy) is 2. The monoisotopic (exact) mass is 468 g/mol. The molecule has 0 bridgehead atoms. The average molecular weight is 469 g/mol. The molecule has 166 valence electrons. The predicted octanol–water partition coefficient (Wildman–Crippen LogP) is 4.89. The molecule has 0 aliphatic rings. The molecule has 1 unspecified atom stereocenters. The minimum atomic E-state index is -2.95. The summed E-state index contributed by atoms with van der Waals surface area (Å²) in [6.45, 7) is 1.09. The van der Waals surface area contributed by atoms with Crippen LogP contribution in [-0.4, -0.2) is 45.8 Å². The Labute approximate surface area is 187 Å². The van der Waals surface area contributed by atoms with Gasteiger partial charge in [-0.05, 0) is 55.2 Å². The number of aromatic nitrogens is 3. The number of likely N-dealkylation sites (N-methyl/N-ethyl adjacent to an activating group) is 1. The van der Waals surface area contributed by atoms with Gasteiger partial charge in [0, 0.05) is 13.6 Å². The number of carbonyl (C=O) groups excluding carboxylic acids is 1. The first kappa shape index (κ1) is 22.9. The van der Waals surface area contributed by atoms with Gasteiger partial charge in [0.15, 0.2) is 22.1 Å². The number of carbonyl (C=O) groups is 1. The van der Waals surface area contributed by atoms with Gasteiger partial charge in [-0.3, -0.25) is 14.5 Å². The van der Waals surface area contributed by atoms with Crippen molar-refractivity contribution in [3.63, 3.8) is 0 Å². The Kier molecular flexibility index (Phi) is 7.39. The lowest BCUT2D eigenvalue weighted by Gasteiger charge is -2.23. The number of halogens is 2. The van der Waals surface area contributed by atoms with Crippen LogP contribution in [0.15, 0.2) is 35.7 Å². The zero-order valence-electron chi connectivity index (χ0n) is 17.2. The third-order valence-corrected chi connectivity index (χ3v) is 5.66. The standard InChI is InChI=1S/C20H22F2N4O3S2/c1-4-28-15-10-13(7-8-14(15)29-19(21)22)11-25(3)18(27)12(2)26-17(23-24-20(26)30)16-6-5-9-31-16/h5-10,12,19H,4,11H2,1-3H3,(H,24,30). The van der Waals surface area contributed by atoms with E-state index >= 15 is 0 Å². The van der Waals surface area contributed by atoms with Crippen LogP contribution < -0.4 is 9.47 Å². The Hall–Kier alpha value is -2.79. The van der Waals surface area contributed by atoms with E-state index in [0.29, 0.717) is 22.8 Å². The molecule has 3 aromatic rings. The first-order valence-electron chi connectivity index (χ1n) is 9.48. The molecule has 0 spiro atoms. The predicted molar refractivity (Wildman–Crippen MR) is 116 cm³/mol. The minimum absolute atomic E-state index is 0.0479. The van der Waals surface area contributed by atoms with Gasteiger partial charge in [0.25, 0.3) is 0 Å². The van der Waals surface area contributed by atoms with E-state index in [0.717, 1.165) is 4.88 Å². The molecule has 0 saturated carbocycles. The normalized spacial score (nSPS) is 12.1. The lowest BCUT2D eigenvalue weighted by Crippen LogP contribution is -2.33. The van der Waals surface area contributed by atoms with Crippen LogP contribution in [0.5, 0.6) is 11.5 Å². The number of hydrogen-bond acceptors (Lipinski definition) is 6. The van der Waals surface area contributed by atoms with Crippen LogP contribution in [0.3, 0.4) is 0 Å². The van der Waals surface area contributed by atoms with Gasteiger partial charge in [-0.25, -0.2) is 0 Å². The van der Waals surface area contributed by atoms with Gasteiger partial charge in [0.1, 0.15) is 6.04 Å². The second-order valence-corrected chi connectivity index (χ2v) is 8.00. The molecular formula is C20H22F2N4O3S2. The fourth-order valence-electron chi connectivity index (χ4n) is 3.14. The summed E-state index contributed by atoms with van der Waals surface area (Å²) < 4.78 is 37.1. The number of alkyl halides is 2. The molecule has 11 heteroatoms. The number of nitrogens with zero attached hydrogens (tertiary/aromatic N) is 3. The largest absolute Gasteiger partial charge is 0.490 e. The summed E-state index contributed by atoms with van der Waals surface area (Å²) in [5, 5.41) is 8.94. The van der Waals surface area contributed by atoms with Crippen LogP contribution in [0.4, 0.5) is 8.78 Å². The van der Waals surface area contributed by atoms with Crippen molar-refractivity contribution in [1.82, 2.24) is 19.7 Å². The molecule has 2 aromatic heterocycles. The second kappa shape index (κ2) is 10.0. The van der Waals surface area contributed by atoms with Gasteiger partial charge in [0.2, 0.25) is 5.91 Å². The van der Waals surface area contributed by atoms with Crippen LogP contribution >= 0.6 is 23.6 Å². The summed E-state index contributed by atoms with van der Waals surface area (Å²) in [7, 11) is 1.66. The summed E-state index contributed by atoms with van der Waals surface area (Å²) in [5.74, 6) is 0.571. The van der Waals surface area contributed by atoms with Crippen molar-refractivity contribution < 1.29 is 23.0 Å². The van der Waals surface area contributed by atoms with Gasteiger partial charge in [-0.2, -0.15) is 13.9 Å². The van der Waals surface area contributed by atoms with Crippen molar-refractivity contribution in [1.29, 1.82) is 0 Å². The fourth-order valence-corrected chi connectivity index (χ4v) is 4.14. The highest BCUT2D eigenvalue weighted by Crippen LogP contribution is 2.31. The number of H-pyrrole nitrogens is 1. The van der Waals surface area contributed by atoms with Crippen LogP contribution in [-0.2, 0) is 11.3 Å². The number of nitrogens with one attached hydrogen (secondary N) is 1. The van der Waals surface area contributed by atoms with Gasteiger partial charge >= 0.3 is 6.61 Å². The van der Waals surface area contributed by atoms with E-state index in [4.69, 9.17) is 17.0 Å². The minimum Gasteiger partial charge on any atom is -0.490 e. The number of aromatic amines is 1. The number of thiophene rings is 1. The van der Waals surface area contributed by atoms with Crippen molar-refractivity contribution in [3.05, 3.63) is 46.0 Å². The Balaban J connectivity index is 1.79. The van der Waals surface area contributed by atoms with Gasteiger partial charge < -0.3 is 14.4 Å². The molecule has 1 aromatic carbocycles. The van der Waals surface area contributed by atoms with E-state index in [1.165, 1.54) is 22.3 Å². The first-order chi connectivity index (χ1) is 14.8. The lowest BCUT2D eigenvalue weighted by molar-refractivity contribution is -0.133. The summed E-state index contributed by atoms with van der Waals surface area (Å²) in [4.78, 5) is 15.5. The SMILES string of the molecule is CCOc1cc(CN(C)C(=O)C(C)n2c(-c3cccs3)n[nH]c2=S)ccc1OC(F)F. The highest BCUT2D eigenvalue weighted by Gasteiger charge is 2.24. The summed E-state index contributed by atoms with van der Waals surface area (Å²) in [5.41, 5.74) is 0.711. The highest BCUT2D eigenvalue weighted by molar-refractivity contribution is 7.71. The molecule has 7 nitrogen and oxygen atoms in total. The smallest absolute Gasteiger partial charge is 0.387 e. The number of benzene rings is 1. The molecule has 0 radical (unpaired) electrons. The Bertz CT molecular complexity index is 1080. The number of amides is 1. The van der Waals surface area contributed by atoms with Gasteiger partial charge in [-0.15, -0.1) is 11.3 Å². The quantitative estimate of drug-likeness (QED) is 0.453. The van der Waals surface area contributed by atoms with E-state index in [2.05, 4.69) is 14.9 Å². The summed E-state index contributed by atoms with van der Waals surface area (Å²) in [6.07, 6.45) is 0. The summed E-state index contributed by atoms with van der Waals surface area (Å²) in [6, 6.07) is 7.84. The Morgan fingerprint density at radius 3 is 2.77 bits per heavy atom. The van der Waals surface area contributed by atoms with Crippen LogP contribution in [0.1, 0.15) is 25.5 Å². The molecule has 3 rings (SSSR count). The van der Waals surface area contributed by atoms with Crippen molar-refractivity contribution in [2.24, 2.45) is 0 Å². The van der Waals surface area contributed by atoms with Crippen molar-refractivity contribution in [2.75, 3.05) is 13.7 Å². The van der Waals surface area contributed by atoms with Crippen LogP contribution in [0, 0.1) is 4.77 Å². The fraction of sp³-hybridized carbons (Fsp3) is 0.350. The maximum atomic E-state index is 13.1. The van der Waals surface area contributed by atoms with Crippen molar-refractivity contribution in [3.8, 4) is 22.2 Å². The van der Waals surface area contributed by atoms with Crippen molar-refractivity contribution in [2.45, 2.75) is 33.0 Å². The van der Waals surface area contributed by atoms with Crippen LogP contribution in [0.2, 0.25) is 0 Å². The van der Waals surface area contributed by atoms with E-state index in [1.807, 2.05) is 17.5 Å². The zero-order valence-corrected chi connectivity index (χ0v) is 18.8. The molecule has 0 aliphatic heterocycles. The third kappa shape index (κ3) is 5.28. The first-order valence-corrected chi connectivity index (χ1v) is 10.8. The maximum Gasteiger partial charge on any atom is 0.387 e. The molecule has 0 fully saturated rings. The van der Waals surface area contributed by atoms with Crippen molar-refractivity contribution >= 4 is 29.5 Å². The topological polar surface area (TPSA) is 72.4 Å². The van der Waals surface area contributed by atoms with E-state index in [9.17, 15) is 13.6 Å². The molecular weight excluding hydrogens is 446 g/mol. The molecule has 2 heterocycles. The maximum absolute atomic E-state index is 13.1. The van der Waals surface area contributed by atoms with Crippen LogP contribution in [0.25, 0.3) is 10.7 Å². The molecule has 1 N–H and O–H groups in total. The molecule has 1 amide bonds. The number of rotatable bonds is 9. The third-order valence-electron chi connectivity index (χ3n) is 4.51. The molecule has 0 saturated heterocycles.